The fourth-order valence-corrected chi connectivity index (χ4v) is 5.34. The molecule has 2 aliphatic heterocycles. The number of thioether (sulfide) groups is 1. The lowest BCUT2D eigenvalue weighted by molar-refractivity contribution is -0.0961. The molecule has 2 saturated heterocycles. The first-order valence-corrected chi connectivity index (χ1v) is 8.85. The Labute approximate surface area is 121 Å². The number of hydrogen-bond donors (Lipinski definition) is 1. The maximum atomic E-state index is 6.15. The molecule has 0 bridgehead atoms. The summed E-state index contributed by atoms with van der Waals surface area (Å²) in [6.45, 7) is 0.935. The summed E-state index contributed by atoms with van der Waals surface area (Å²) in [5.41, 5.74) is 0.185. The molecule has 3 fully saturated rings. The van der Waals surface area contributed by atoms with Crippen LogP contribution in [0.3, 0.4) is 0 Å². The van der Waals surface area contributed by atoms with Gasteiger partial charge < -0.3 is 14.8 Å². The molecule has 0 aromatic rings. The minimum absolute atomic E-state index is 0.185. The van der Waals surface area contributed by atoms with E-state index in [4.69, 9.17) is 9.47 Å². The van der Waals surface area contributed by atoms with Crippen LogP contribution in [0.2, 0.25) is 0 Å². The van der Waals surface area contributed by atoms with Gasteiger partial charge in [0.05, 0.1) is 11.7 Å². The Hall–Kier alpha value is 0.230. The zero-order chi connectivity index (χ0) is 13.3. The Kier molecular flexibility index (Phi) is 4.42. The van der Waals surface area contributed by atoms with E-state index in [1.807, 2.05) is 7.11 Å². The van der Waals surface area contributed by atoms with E-state index in [0.717, 1.165) is 12.5 Å². The maximum Gasteiger partial charge on any atom is 0.0783 e. The molecule has 1 spiro atoms. The summed E-state index contributed by atoms with van der Waals surface area (Å²) < 4.78 is 12.0. The second kappa shape index (κ2) is 5.92. The molecule has 3 nitrogen and oxygen atoms in total. The number of rotatable bonds is 5. The average molecular weight is 285 g/mol. The number of nitrogens with one attached hydrogen (secondary N) is 1. The summed E-state index contributed by atoms with van der Waals surface area (Å²) in [6.07, 6.45) is 6.75. The third kappa shape index (κ3) is 2.97. The monoisotopic (exact) mass is 285 g/mol. The van der Waals surface area contributed by atoms with Crippen molar-refractivity contribution in [2.75, 3.05) is 32.3 Å². The molecule has 0 amide bonds. The largest absolute Gasteiger partial charge is 0.380 e. The molecule has 3 aliphatic rings. The van der Waals surface area contributed by atoms with Gasteiger partial charge in [-0.05, 0) is 56.7 Å². The van der Waals surface area contributed by atoms with Crippen molar-refractivity contribution in [1.29, 1.82) is 0 Å². The van der Waals surface area contributed by atoms with Crippen LogP contribution in [0.25, 0.3) is 0 Å². The standard InChI is InChI=1S/C15H27NO2S/c1-16-13(14(17-2)11-3-4-11)12-5-7-18-15(9-12)6-8-19-10-15/h11-14,16H,3-10H2,1-2H3. The molecule has 3 rings (SSSR count). The molecule has 4 heteroatoms. The second-order valence-corrected chi connectivity index (χ2v) is 7.54. The SMILES string of the molecule is CNC(C1CCOC2(CCSC2)C1)C(OC)C1CC1. The highest BCUT2D eigenvalue weighted by Crippen LogP contribution is 2.44. The van der Waals surface area contributed by atoms with Crippen LogP contribution in [0.5, 0.6) is 0 Å². The van der Waals surface area contributed by atoms with Gasteiger partial charge in [0.1, 0.15) is 0 Å². The normalized spacial score (nSPS) is 38.5. The van der Waals surface area contributed by atoms with Gasteiger partial charge >= 0.3 is 0 Å². The number of ether oxygens (including phenoxy) is 2. The Morgan fingerprint density at radius 1 is 1.32 bits per heavy atom. The summed E-state index contributed by atoms with van der Waals surface area (Å²) in [4.78, 5) is 0. The molecule has 1 saturated carbocycles. The molecule has 4 atom stereocenters. The predicted molar refractivity (Wildman–Crippen MR) is 79.7 cm³/mol. The lowest BCUT2D eigenvalue weighted by Gasteiger charge is -2.42. The number of methoxy groups -OCH3 is 1. The first kappa shape index (κ1) is 14.2. The smallest absolute Gasteiger partial charge is 0.0783 e. The van der Waals surface area contributed by atoms with Crippen LogP contribution in [-0.2, 0) is 9.47 Å². The summed E-state index contributed by atoms with van der Waals surface area (Å²) in [5, 5.41) is 3.56. The number of likely N-dealkylation sites (N-methyl/N-ethyl adjacent to an activating group) is 1. The Morgan fingerprint density at radius 3 is 2.74 bits per heavy atom. The van der Waals surface area contributed by atoms with Crippen LogP contribution < -0.4 is 5.32 Å². The Balaban J connectivity index is 1.68. The molecule has 0 aromatic carbocycles. The molecule has 1 aliphatic carbocycles. The van der Waals surface area contributed by atoms with Gasteiger partial charge in [0.2, 0.25) is 0 Å². The van der Waals surface area contributed by atoms with Crippen molar-refractivity contribution in [3.8, 4) is 0 Å². The fourth-order valence-electron chi connectivity index (χ4n) is 3.96. The van der Waals surface area contributed by atoms with Crippen LogP contribution in [0.4, 0.5) is 0 Å². The second-order valence-electron chi connectivity index (χ2n) is 6.44. The zero-order valence-electron chi connectivity index (χ0n) is 12.2. The zero-order valence-corrected chi connectivity index (χ0v) is 13.0. The van der Waals surface area contributed by atoms with E-state index in [1.54, 1.807) is 0 Å². The van der Waals surface area contributed by atoms with Crippen molar-refractivity contribution < 1.29 is 9.47 Å². The Morgan fingerprint density at radius 2 is 2.16 bits per heavy atom. The molecular weight excluding hydrogens is 258 g/mol. The van der Waals surface area contributed by atoms with Gasteiger partial charge in [-0.1, -0.05) is 0 Å². The van der Waals surface area contributed by atoms with Crippen LogP contribution in [-0.4, -0.2) is 50.0 Å². The summed E-state index contributed by atoms with van der Waals surface area (Å²) >= 11 is 2.06. The van der Waals surface area contributed by atoms with Gasteiger partial charge in [-0.3, -0.25) is 0 Å². The van der Waals surface area contributed by atoms with Gasteiger partial charge in [0.25, 0.3) is 0 Å². The molecule has 0 radical (unpaired) electrons. The van der Waals surface area contributed by atoms with Crippen molar-refractivity contribution in [3.63, 3.8) is 0 Å². The topological polar surface area (TPSA) is 30.5 Å². The van der Waals surface area contributed by atoms with E-state index in [1.165, 1.54) is 43.6 Å². The highest BCUT2D eigenvalue weighted by molar-refractivity contribution is 7.99. The van der Waals surface area contributed by atoms with E-state index >= 15 is 0 Å². The lowest BCUT2D eigenvalue weighted by atomic mass is 9.78. The van der Waals surface area contributed by atoms with Crippen molar-refractivity contribution in [2.24, 2.45) is 11.8 Å². The highest BCUT2D eigenvalue weighted by Gasteiger charge is 2.46. The van der Waals surface area contributed by atoms with Crippen LogP contribution in [0.1, 0.15) is 32.1 Å². The van der Waals surface area contributed by atoms with E-state index in [2.05, 4.69) is 24.1 Å². The molecule has 1 N–H and O–H groups in total. The fraction of sp³-hybridized carbons (Fsp3) is 1.00. The van der Waals surface area contributed by atoms with Crippen LogP contribution >= 0.6 is 11.8 Å². The number of hydrogen-bond acceptors (Lipinski definition) is 4. The average Bonchev–Trinajstić information content (AvgIpc) is 3.18. The third-order valence-electron chi connectivity index (χ3n) is 5.15. The minimum atomic E-state index is 0.185. The quantitative estimate of drug-likeness (QED) is 0.839. The van der Waals surface area contributed by atoms with Gasteiger partial charge in [0.15, 0.2) is 0 Å². The van der Waals surface area contributed by atoms with E-state index in [-0.39, 0.29) is 5.60 Å². The molecule has 0 aromatic heterocycles. The maximum absolute atomic E-state index is 6.15. The Bertz CT molecular complexity index is 303. The van der Waals surface area contributed by atoms with Gasteiger partial charge in [0, 0.05) is 25.5 Å². The van der Waals surface area contributed by atoms with Gasteiger partial charge in [-0.15, -0.1) is 0 Å². The van der Waals surface area contributed by atoms with Crippen LogP contribution in [0.15, 0.2) is 0 Å². The van der Waals surface area contributed by atoms with Crippen LogP contribution in [0, 0.1) is 11.8 Å². The molecule has 19 heavy (non-hydrogen) atoms. The van der Waals surface area contributed by atoms with Crippen molar-refractivity contribution in [1.82, 2.24) is 5.32 Å². The van der Waals surface area contributed by atoms with E-state index in [0.29, 0.717) is 18.1 Å². The van der Waals surface area contributed by atoms with E-state index in [9.17, 15) is 0 Å². The molecule has 110 valence electrons. The van der Waals surface area contributed by atoms with Gasteiger partial charge in [-0.2, -0.15) is 11.8 Å². The van der Waals surface area contributed by atoms with Gasteiger partial charge in [-0.25, -0.2) is 0 Å². The summed E-state index contributed by atoms with van der Waals surface area (Å²) in [6, 6.07) is 0.504. The third-order valence-corrected chi connectivity index (χ3v) is 6.38. The van der Waals surface area contributed by atoms with Crippen molar-refractivity contribution in [2.45, 2.75) is 49.9 Å². The summed E-state index contributed by atoms with van der Waals surface area (Å²) in [7, 11) is 3.98. The minimum Gasteiger partial charge on any atom is -0.380 e. The predicted octanol–water partition coefficient (Wildman–Crippen LogP) is 2.30. The van der Waals surface area contributed by atoms with Crippen molar-refractivity contribution >= 4 is 11.8 Å². The first-order chi connectivity index (χ1) is 9.28. The highest BCUT2D eigenvalue weighted by atomic mass is 32.2. The molecule has 2 heterocycles. The molecular formula is C15H27NO2S. The lowest BCUT2D eigenvalue weighted by Crippen LogP contribution is -2.51. The molecule has 4 unspecified atom stereocenters. The van der Waals surface area contributed by atoms with E-state index < -0.39 is 0 Å². The summed E-state index contributed by atoms with van der Waals surface area (Å²) in [5.74, 6) is 3.97. The van der Waals surface area contributed by atoms with Crippen molar-refractivity contribution in [3.05, 3.63) is 0 Å². The first-order valence-electron chi connectivity index (χ1n) is 7.70.